The highest BCUT2D eigenvalue weighted by Crippen LogP contribution is 2.20. The van der Waals surface area contributed by atoms with E-state index in [4.69, 9.17) is 4.74 Å². The molecule has 0 radical (unpaired) electrons. The Kier molecular flexibility index (Phi) is 9.77. The van der Waals surface area contributed by atoms with E-state index in [9.17, 15) is 4.79 Å². The molecule has 0 spiro atoms. The zero-order chi connectivity index (χ0) is 22.8. The first-order chi connectivity index (χ1) is 15.5. The van der Waals surface area contributed by atoms with Gasteiger partial charge in [-0.25, -0.2) is 4.99 Å². The first kappa shape index (κ1) is 24.5. The summed E-state index contributed by atoms with van der Waals surface area (Å²) in [5.41, 5.74) is 1.34. The topological polar surface area (TPSA) is 72.4 Å². The van der Waals surface area contributed by atoms with Crippen molar-refractivity contribution in [1.29, 1.82) is 0 Å². The Bertz CT molecular complexity index is 720. The third kappa shape index (κ3) is 8.07. The molecule has 2 N–H and O–H groups in total. The predicted molar refractivity (Wildman–Crippen MR) is 129 cm³/mol. The molecule has 8 heteroatoms. The Morgan fingerprint density at radius 2 is 1.97 bits per heavy atom. The summed E-state index contributed by atoms with van der Waals surface area (Å²) in [5, 5.41) is 7.04. The van der Waals surface area contributed by atoms with Gasteiger partial charge in [0.25, 0.3) is 0 Å². The normalized spacial score (nSPS) is 22.7. The molecule has 3 rings (SSSR count). The molecule has 0 bridgehead atoms. The number of carbonyl (C=O) groups is 1. The van der Waals surface area contributed by atoms with Gasteiger partial charge in [0.05, 0.1) is 13.2 Å². The molecule has 2 saturated heterocycles. The molecular formula is C24H40N6O2. The third-order valence-electron chi connectivity index (χ3n) is 6.19. The molecule has 2 atom stereocenters. The minimum atomic E-state index is 0.00455. The minimum absolute atomic E-state index is 0.00455. The summed E-state index contributed by atoms with van der Waals surface area (Å²) in [6.07, 6.45) is 2.09. The summed E-state index contributed by atoms with van der Waals surface area (Å²) in [6, 6.07) is 11.4. The van der Waals surface area contributed by atoms with Gasteiger partial charge in [-0.3, -0.25) is 14.6 Å². The van der Waals surface area contributed by atoms with Crippen LogP contribution in [0, 0.1) is 0 Å². The number of ether oxygens (including phenoxy) is 1. The van der Waals surface area contributed by atoms with Crippen LogP contribution < -0.4 is 10.6 Å². The molecule has 1 amide bonds. The van der Waals surface area contributed by atoms with Gasteiger partial charge in [-0.15, -0.1) is 0 Å². The summed E-state index contributed by atoms with van der Waals surface area (Å²) >= 11 is 0. The average molecular weight is 445 g/mol. The van der Waals surface area contributed by atoms with E-state index in [1.807, 2.05) is 0 Å². The standard InChI is InChI=1S/C24H40N6O2/c1-20-16-22(19-30(20)18-21-8-5-4-6-9-21)27-24(26-17-23(31)28(2)3)25-10-7-11-29-12-14-32-15-13-29/h4-6,8-9,20,22H,7,10-19H2,1-3H3,(H2,25,26,27). The molecule has 2 unspecified atom stereocenters. The molecule has 2 aliphatic rings. The van der Waals surface area contributed by atoms with Crippen molar-refractivity contribution >= 4 is 11.9 Å². The molecule has 0 saturated carbocycles. The van der Waals surface area contributed by atoms with Crippen LogP contribution in [0.1, 0.15) is 25.3 Å². The van der Waals surface area contributed by atoms with Crippen molar-refractivity contribution in [3.05, 3.63) is 35.9 Å². The Labute approximate surface area is 193 Å². The molecule has 1 aromatic carbocycles. The monoisotopic (exact) mass is 444 g/mol. The molecule has 0 aliphatic carbocycles. The summed E-state index contributed by atoms with van der Waals surface area (Å²) in [5.74, 6) is 0.742. The van der Waals surface area contributed by atoms with Crippen LogP contribution in [-0.2, 0) is 16.1 Å². The number of amides is 1. The van der Waals surface area contributed by atoms with Gasteiger partial charge in [0.1, 0.15) is 6.54 Å². The van der Waals surface area contributed by atoms with E-state index in [2.05, 4.69) is 62.7 Å². The lowest BCUT2D eigenvalue weighted by Gasteiger charge is -2.26. The molecule has 0 aromatic heterocycles. The van der Waals surface area contributed by atoms with Crippen LogP contribution in [0.4, 0.5) is 0 Å². The molecule has 32 heavy (non-hydrogen) atoms. The maximum Gasteiger partial charge on any atom is 0.243 e. The van der Waals surface area contributed by atoms with Crippen LogP contribution in [-0.4, -0.2) is 105 Å². The number of likely N-dealkylation sites (tertiary alicyclic amines) is 1. The molecule has 1 aromatic rings. The summed E-state index contributed by atoms with van der Waals surface area (Å²) in [4.78, 5) is 23.2. The van der Waals surface area contributed by atoms with Crippen molar-refractivity contribution in [2.75, 3.05) is 66.6 Å². The fourth-order valence-corrected chi connectivity index (χ4v) is 4.21. The van der Waals surface area contributed by atoms with E-state index in [-0.39, 0.29) is 12.5 Å². The number of morpholine rings is 1. The zero-order valence-electron chi connectivity index (χ0n) is 19.9. The van der Waals surface area contributed by atoms with Crippen LogP contribution in [0.5, 0.6) is 0 Å². The SMILES string of the molecule is CC1CC(NC(=NCC(=O)N(C)C)NCCCN2CCOCC2)CN1Cc1ccccc1. The van der Waals surface area contributed by atoms with Gasteiger partial charge in [0, 0.05) is 58.9 Å². The number of rotatable bonds is 9. The van der Waals surface area contributed by atoms with Crippen molar-refractivity contribution in [1.82, 2.24) is 25.3 Å². The molecular weight excluding hydrogens is 404 g/mol. The molecule has 178 valence electrons. The largest absolute Gasteiger partial charge is 0.379 e. The highest BCUT2D eigenvalue weighted by Gasteiger charge is 2.29. The maximum atomic E-state index is 12.1. The number of hydrogen-bond donors (Lipinski definition) is 2. The number of nitrogens with one attached hydrogen (secondary N) is 2. The lowest BCUT2D eigenvalue weighted by molar-refractivity contribution is -0.127. The number of carbonyl (C=O) groups excluding carboxylic acids is 1. The van der Waals surface area contributed by atoms with Crippen LogP contribution in [0.25, 0.3) is 0 Å². The lowest BCUT2D eigenvalue weighted by Crippen LogP contribution is -2.46. The Morgan fingerprint density at radius 1 is 1.22 bits per heavy atom. The Morgan fingerprint density at radius 3 is 2.69 bits per heavy atom. The molecule has 2 fully saturated rings. The maximum absolute atomic E-state index is 12.1. The first-order valence-electron chi connectivity index (χ1n) is 11.8. The molecule has 2 heterocycles. The van der Waals surface area contributed by atoms with Crippen LogP contribution >= 0.6 is 0 Å². The fraction of sp³-hybridized carbons (Fsp3) is 0.667. The van der Waals surface area contributed by atoms with Crippen molar-refractivity contribution in [2.45, 2.75) is 38.4 Å². The number of aliphatic imine (C=N–C) groups is 1. The van der Waals surface area contributed by atoms with Crippen LogP contribution in [0.15, 0.2) is 35.3 Å². The predicted octanol–water partition coefficient (Wildman–Crippen LogP) is 0.995. The first-order valence-corrected chi connectivity index (χ1v) is 11.8. The number of guanidine groups is 1. The van der Waals surface area contributed by atoms with E-state index >= 15 is 0 Å². The fourth-order valence-electron chi connectivity index (χ4n) is 4.21. The minimum Gasteiger partial charge on any atom is -0.379 e. The highest BCUT2D eigenvalue weighted by atomic mass is 16.5. The Hall–Kier alpha value is -2.16. The van der Waals surface area contributed by atoms with Crippen molar-refractivity contribution in [3.8, 4) is 0 Å². The smallest absolute Gasteiger partial charge is 0.243 e. The summed E-state index contributed by atoms with van der Waals surface area (Å²) in [6.45, 7) is 9.91. The van der Waals surface area contributed by atoms with Gasteiger partial charge in [-0.2, -0.15) is 0 Å². The summed E-state index contributed by atoms with van der Waals surface area (Å²) in [7, 11) is 3.53. The number of hydrogen-bond acceptors (Lipinski definition) is 5. The van der Waals surface area contributed by atoms with Crippen molar-refractivity contribution < 1.29 is 9.53 Å². The van der Waals surface area contributed by atoms with E-state index in [0.29, 0.717) is 12.1 Å². The van der Waals surface area contributed by atoms with Crippen molar-refractivity contribution in [3.63, 3.8) is 0 Å². The molecule has 2 aliphatic heterocycles. The lowest BCUT2D eigenvalue weighted by atomic mass is 10.2. The number of nitrogens with zero attached hydrogens (tertiary/aromatic N) is 4. The van der Waals surface area contributed by atoms with Crippen LogP contribution in [0.2, 0.25) is 0 Å². The van der Waals surface area contributed by atoms with Gasteiger partial charge in [-0.1, -0.05) is 30.3 Å². The second kappa shape index (κ2) is 12.8. The van der Waals surface area contributed by atoms with Gasteiger partial charge in [0.15, 0.2) is 5.96 Å². The average Bonchev–Trinajstić information content (AvgIpc) is 3.14. The third-order valence-corrected chi connectivity index (χ3v) is 6.19. The van der Waals surface area contributed by atoms with Crippen molar-refractivity contribution in [2.24, 2.45) is 4.99 Å². The highest BCUT2D eigenvalue weighted by molar-refractivity contribution is 5.85. The number of benzene rings is 1. The quantitative estimate of drug-likeness (QED) is 0.336. The van der Waals surface area contributed by atoms with E-state index < -0.39 is 0 Å². The van der Waals surface area contributed by atoms with E-state index in [1.54, 1.807) is 19.0 Å². The van der Waals surface area contributed by atoms with E-state index in [0.717, 1.165) is 71.3 Å². The Balaban J connectivity index is 1.50. The summed E-state index contributed by atoms with van der Waals surface area (Å²) < 4.78 is 5.42. The van der Waals surface area contributed by atoms with Gasteiger partial charge in [0.2, 0.25) is 5.91 Å². The second-order valence-corrected chi connectivity index (χ2v) is 9.03. The van der Waals surface area contributed by atoms with E-state index in [1.165, 1.54) is 5.56 Å². The van der Waals surface area contributed by atoms with Gasteiger partial charge < -0.3 is 20.3 Å². The molecule has 8 nitrogen and oxygen atoms in total. The second-order valence-electron chi connectivity index (χ2n) is 9.03. The van der Waals surface area contributed by atoms with Crippen LogP contribution in [0.3, 0.4) is 0 Å². The zero-order valence-corrected chi connectivity index (χ0v) is 19.9. The van der Waals surface area contributed by atoms with Gasteiger partial charge in [-0.05, 0) is 31.9 Å². The van der Waals surface area contributed by atoms with Gasteiger partial charge >= 0.3 is 0 Å². The number of likely N-dealkylation sites (N-methyl/N-ethyl adjacent to an activating group) is 1.